The van der Waals surface area contributed by atoms with E-state index in [4.69, 9.17) is 4.74 Å². The molecular formula is C29H28AsF3N4O3. The van der Waals surface area contributed by atoms with Gasteiger partial charge in [-0.25, -0.2) is 0 Å². The van der Waals surface area contributed by atoms with Gasteiger partial charge in [-0.3, -0.25) is 0 Å². The molecule has 1 aliphatic rings. The number of halogens is 3. The Kier molecular flexibility index (Phi) is 8.16. The molecule has 3 aromatic carbocycles. The summed E-state index contributed by atoms with van der Waals surface area (Å²) in [5.74, 6) is 0. The van der Waals surface area contributed by atoms with Crippen LogP contribution in [-0.2, 0) is 23.8 Å². The predicted octanol–water partition coefficient (Wildman–Crippen LogP) is 4.51. The fourth-order valence-electron chi connectivity index (χ4n) is 5.06. The molecule has 0 saturated carbocycles. The number of rotatable bonds is 7. The van der Waals surface area contributed by atoms with Crippen molar-refractivity contribution in [3.8, 4) is 0 Å². The summed E-state index contributed by atoms with van der Waals surface area (Å²) in [4.78, 5) is 27.1. The quantitative estimate of drug-likeness (QED) is 0.311. The van der Waals surface area contributed by atoms with E-state index in [1.807, 2.05) is 41.3 Å². The standard InChI is InChI=1S/C29H28AsF3N4O3/c1-40-28(39)37-25-11-5-10-24(23(25)17-34-37)30-27(38)35-22-15-20-12-13-21(29(31,32)33)16-26(20)36(18-22)14-6-9-19-7-3-2-4-8-19/h2-5,7-8,10-13,16-17,22,30H,6,9,14-15,18H2,1H3,(H,35,38). The fourth-order valence-corrected chi connectivity index (χ4v) is 7.22. The Hall–Kier alpha value is -3.78. The number of nitrogens with one attached hydrogen (secondary N) is 1. The van der Waals surface area contributed by atoms with Crippen LogP contribution < -0.4 is 14.6 Å². The van der Waals surface area contributed by atoms with E-state index in [0.717, 1.165) is 38.9 Å². The van der Waals surface area contributed by atoms with Crippen molar-refractivity contribution in [3.05, 3.63) is 89.6 Å². The molecule has 0 bridgehead atoms. The number of fused-ring (bicyclic) bond motifs is 2. The Balaban J connectivity index is 1.31. The number of aromatic nitrogens is 2. The number of hydrogen-bond donors (Lipinski definition) is 1. The molecule has 2 atom stereocenters. The van der Waals surface area contributed by atoms with Crippen LogP contribution in [0.2, 0.25) is 0 Å². The zero-order valence-electron chi connectivity index (χ0n) is 21.7. The van der Waals surface area contributed by atoms with Gasteiger partial charge >= 0.3 is 236 Å². The van der Waals surface area contributed by atoms with Gasteiger partial charge in [0.2, 0.25) is 0 Å². The summed E-state index contributed by atoms with van der Waals surface area (Å²) >= 11 is -1.31. The zero-order chi connectivity index (χ0) is 28.3. The first-order chi connectivity index (χ1) is 19.2. The zero-order valence-corrected chi connectivity index (χ0v) is 23.8. The third-order valence-corrected chi connectivity index (χ3v) is 9.20. The van der Waals surface area contributed by atoms with E-state index in [-0.39, 0.29) is 10.7 Å². The average Bonchev–Trinajstić information content (AvgIpc) is 3.38. The Labute approximate surface area is 236 Å². The van der Waals surface area contributed by atoms with Gasteiger partial charge in [0.05, 0.1) is 0 Å². The van der Waals surface area contributed by atoms with Crippen LogP contribution in [0.5, 0.6) is 0 Å². The van der Waals surface area contributed by atoms with Crippen LogP contribution in [0.4, 0.5) is 28.4 Å². The molecule has 40 heavy (non-hydrogen) atoms. The molecular weight excluding hydrogens is 584 g/mol. The van der Waals surface area contributed by atoms with Crippen molar-refractivity contribution in [2.24, 2.45) is 0 Å². The Bertz CT molecular complexity index is 1520. The fraction of sp³-hybridized carbons (Fsp3) is 0.276. The van der Waals surface area contributed by atoms with Crippen molar-refractivity contribution in [2.75, 3.05) is 25.1 Å². The molecule has 0 aliphatic carbocycles. The second-order valence-corrected chi connectivity index (χ2v) is 12.2. The van der Waals surface area contributed by atoms with E-state index in [9.17, 15) is 22.8 Å². The molecule has 0 radical (unpaired) electrons. The number of aryl methyl sites for hydroxylation is 1. The Morgan fingerprint density at radius 2 is 1.90 bits per heavy atom. The maximum absolute atomic E-state index is 13.5. The predicted molar refractivity (Wildman–Crippen MR) is 149 cm³/mol. The maximum atomic E-state index is 13.5. The van der Waals surface area contributed by atoms with Gasteiger partial charge in [0.1, 0.15) is 0 Å². The SMILES string of the molecule is COC(=O)n1ncc2c([AsH]C(=O)NC3Cc4ccc(C(F)(F)F)cc4N(CCCc4ccccc4)C3)cccc21. The van der Waals surface area contributed by atoms with E-state index >= 15 is 0 Å². The van der Waals surface area contributed by atoms with Crippen molar-refractivity contribution in [3.63, 3.8) is 0 Å². The van der Waals surface area contributed by atoms with Crippen molar-refractivity contribution in [1.82, 2.24) is 15.1 Å². The summed E-state index contributed by atoms with van der Waals surface area (Å²) in [6, 6.07) is 19.0. The Morgan fingerprint density at radius 3 is 2.65 bits per heavy atom. The number of benzene rings is 3. The molecule has 1 N–H and O–H groups in total. The first-order valence-electron chi connectivity index (χ1n) is 12.8. The molecule has 11 heteroatoms. The third kappa shape index (κ3) is 6.17. The first kappa shape index (κ1) is 27.8. The van der Waals surface area contributed by atoms with Gasteiger partial charge in [-0.2, -0.15) is 0 Å². The summed E-state index contributed by atoms with van der Waals surface area (Å²) < 4.78 is 47.1. The van der Waals surface area contributed by atoms with E-state index in [1.165, 1.54) is 24.8 Å². The number of carbonyl (C=O) groups is 2. The molecule has 1 aliphatic heterocycles. The van der Waals surface area contributed by atoms with Gasteiger partial charge in [0.25, 0.3) is 0 Å². The molecule has 0 saturated heterocycles. The van der Waals surface area contributed by atoms with Gasteiger partial charge in [-0.15, -0.1) is 0 Å². The van der Waals surface area contributed by atoms with Crippen LogP contribution in [0.15, 0.2) is 72.9 Å². The number of nitrogens with zero attached hydrogens (tertiary/aromatic N) is 3. The summed E-state index contributed by atoms with van der Waals surface area (Å²) in [5, 5.41) is 7.96. The molecule has 2 unspecified atom stereocenters. The molecule has 1 amide bonds. The van der Waals surface area contributed by atoms with Gasteiger partial charge in [0, 0.05) is 0 Å². The molecule has 2 heterocycles. The second-order valence-electron chi connectivity index (χ2n) is 9.64. The van der Waals surface area contributed by atoms with Crippen LogP contribution in [-0.4, -0.2) is 62.6 Å². The van der Waals surface area contributed by atoms with E-state index < -0.39 is 33.6 Å². The molecule has 0 fully saturated rings. The number of amides is 1. The number of carbonyl (C=O) groups excluding carboxylic acids is 2. The van der Waals surface area contributed by atoms with Gasteiger partial charge < -0.3 is 0 Å². The topological polar surface area (TPSA) is 76.5 Å². The number of methoxy groups -OCH3 is 1. The molecule has 208 valence electrons. The normalized spacial score (nSPS) is 15.4. The summed E-state index contributed by atoms with van der Waals surface area (Å²) in [5.41, 5.74) is 2.42. The van der Waals surface area contributed by atoms with Crippen LogP contribution in [0.1, 0.15) is 23.1 Å². The van der Waals surface area contributed by atoms with E-state index in [1.54, 1.807) is 18.3 Å². The van der Waals surface area contributed by atoms with Crippen LogP contribution in [0, 0.1) is 0 Å². The molecule has 0 spiro atoms. The van der Waals surface area contributed by atoms with Crippen molar-refractivity contribution in [1.29, 1.82) is 0 Å². The van der Waals surface area contributed by atoms with Crippen LogP contribution in [0.25, 0.3) is 10.9 Å². The number of ether oxygens (including phenoxy) is 1. The van der Waals surface area contributed by atoms with Gasteiger partial charge in [-0.05, 0) is 0 Å². The van der Waals surface area contributed by atoms with E-state index in [2.05, 4.69) is 10.4 Å². The third-order valence-electron chi connectivity index (χ3n) is 6.94. The minimum absolute atomic E-state index is 0.0945. The van der Waals surface area contributed by atoms with E-state index in [0.29, 0.717) is 30.7 Å². The number of hydrogen-bond acceptors (Lipinski definition) is 5. The number of alkyl halides is 3. The van der Waals surface area contributed by atoms with Crippen molar-refractivity contribution < 1.29 is 27.5 Å². The molecule has 1 aromatic heterocycles. The summed E-state index contributed by atoms with van der Waals surface area (Å²) in [6.07, 6.45) is -1.46. The Morgan fingerprint density at radius 1 is 1.10 bits per heavy atom. The number of anilines is 1. The van der Waals surface area contributed by atoms with Crippen LogP contribution in [0.3, 0.4) is 0 Å². The molecule has 7 nitrogen and oxygen atoms in total. The second kappa shape index (κ2) is 11.8. The van der Waals surface area contributed by atoms with Gasteiger partial charge in [-0.1, -0.05) is 0 Å². The summed E-state index contributed by atoms with van der Waals surface area (Å²) in [6.45, 7) is 0.989. The molecule has 4 aromatic rings. The van der Waals surface area contributed by atoms with Crippen molar-refractivity contribution in [2.45, 2.75) is 31.5 Å². The monoisotopic (exact) mass is 612 g/mol. The average molecular weight is 612 g/mol. The van der Waals surface area contributed by atoms with Crippen molar-refractivity contribution >= 4 is 47.5 Å². The van der Waals surface area contributed by atoms with Crippen LogP contribution >= 0.6 is 0 Å². The minimum atomic E-state index is -4.43. The first-order valence-corrected chi connectivity index (χ1v) is 14.9. The van der Waals surface area contributed by atoms with Gasteiger partial charge in [0.15, 0.2) is 0 Å². The molecule has 5 rings (SSSR count). The summed E-state index contributed by atoms with van der Waals surface area (Å²) in [7, 11) is 1.28.